The lowest BCUT2D eigenvalue weighted by atomic mass is 10.2. The van der Waals surface area contributed by atoms with Gasteiger partial charge in [-0.3, -0.25) is 9.59 Å². The molecule has 0 spiro atoms. The highest BCUT2D eigenvalue weighted by atomic mass is 32.1. The normalized spacial score (nSPS) is 11.5. The Hall–Kier alpha value is -2.43. The van der Waals surface area contributed by atoms with Gasteiger partial charge in [0.1, 0.15) is 6.54 Å². The number of thiazole rings is 1. The number of carbonyl (C=O) groups is 2. The van der Waals surface area contributed by atoms with Crippen LogP contribution in [0.5, 0.6) is 0 Å². The smallest absolute Gasteiger partial charge is 0.340 e. The van der Waals surface area contributed by atoms with Gasteiger partial charge in [0.05, 0.1) is 22.6 Å². The third-order valence-electron chi connectivity index (χ3n) is 3.91. The summed E-state index contributed by atoms with van der Waals surface area (Å²) in [4.78, 5) is 31.5. The van der Waals surface area contributed by atoms with Gasteiger partial charge in [-0.15, -0.1) is 11.3 Å². The van der Waals surface area contributed by atoms with Crippen molar-refractivity contribution in [2.45, 2.75) is 33.0 Å². The summed E-state index contributed by atoms with van der Waals surface area (Å²) >= 11 is 1.52. The second-order valence-corrected chi connectivity index (χ2v) is 7.37. The van der Waals surface area contributed by atoms with Gasteiger partial charge >= 0.3 is 6.18 Å². The van der Waals surface area contributed by atoms with Crippen LogP contribution in [0.25, 0.3) is 0 Å². The van der Waals surface area contributed by atoms with Gasteiger partial charge in [0.25, 0.3) is 5.91 Å². The first-order valence-corrected chi connectivity index (χ1v) is 8.84. The molecule has 2 aromatic rings. The minimum Gasteiger partial charge on any atom is -0.340 e. The lowest BCUT2D eigenvalue weighted by Crippen LogP contribution is -2.33. The van der Waals surface area contributed by atoms with Crippen LogP contribution in [0.3, 0.4) is 0 Å². The number of hydrogen-bond acceptors (Lipinski definition) is 5. The Morgan fingerprint density at radius 2 is 2.00 bits per heavy atom. The average molecular weight is 403 g/mol. The average Bonchev–Trinajstić information content (AvgIpc) is 3.12. The minimum atomic E-state index is -4.55. The molecule has 0 radical (unpaired) electrons. The zero-order valence-corrected chi connectivity index (χ0v) is 16.2. The molecule has 7 nitrogen and oxygen atoms in total. The van der Waals surface area contributed by atoms with E-state index in [0.29, 0.717) is 24.1 Å². The fraction of sp³-hybridized carbons (Fsp3) is 0.500. The van der Waals surface area contributed by atoms with Gasteiger partial charge in [0.2, 0.25) is 6.41 Å². The maximum Gasteiger partial charge on any atom is 0.408 e. The first-order valence-electron chi connectivity index (χ1n) is 8.02. The van der Waals surface area contributed by atoms with Crippen molar-refractivity contribution in [2.24, 2.45) is 0 Å². The van der Waals surface area contributed by atoms with Crippen molar-refractivity contribution in [3.05, 3.63) is 27.5 Å². The largest absolute Gasteiger partial charge is 0.408 e. The molecule has 0 aliphatic heterocycles. The van der Waals surface area contributed by atoms with E-state index in [1.165, 1.54) is 30.3 Å². The number of rotatable bonds is 7. The molecular formula is C16H20F3N5O2S. The van der Waals surface area contributed by atoms with E-state index in [0.717, 1.165) is 26.7 Å². The molecule has 2 rings (SSSR count). The van der Waals surface area contributed by atoms with E-state index < -0.39 is 18.6 Å². The van der Waals surface area contributed by atoms with E-state index in [2.05, 4.69) is 10.1 Å². The van der Waals surface area contributed by atoms with Crippen LogP contribution in [0.4, 0.5) is 18.9 Å². The van der Waals surface area contributed by atoms with E-state index in [1.54, 1.807) is 0 Å². The molecule has 0 saturated carbocycles. The fourth-order valence-electron chi connectivity index (χ4n) is 2.56. The molecule has 11 heteroatoms. The molecule has 0 aromatic carbocycles. The summed E-state index contributed by atoms with van der Waals surface area (Å²) < 4.78 is 39.0. The Kier molecular flexibility index (Phi) is 6.24. The van der Waals surface area contributed by atoms with Gasteiger partial charge < -0.3 is 9.80 Å². The SMILES string of the molecule is Cc1nc(C)c(CCN(C)C(=O)c2c(N(C)C=O)cnn2CC(F)(F)F)s1. The number of carbonyl (C=O) groups excluding carboxylic acids is 2. The highest BCUT2D eigenvalue weighted by molar-refractivity contribution is 7.11. The molecule has 148 valence electrons. The quantitative estimate of drug-likeness (QED) is 0.666. The third-order valence-corrected chi connectivity index (χ3v) is 5.04. The Morgan fingerprint density at radius 3 is 2.52 bits per heavy atom. The summed E-state index contributed by atoms with van der Waals surface area (Å²) in [6.45, 7) is 2.63. The van der Waals surface area contributed by atoms with Crippen molar-refractivity contribution in [1.82, 2.24) is 19.7 Å². The Morgan fingerprint density at radius 1 is 1.33 bits per heavy atom. The van der Waals surface area contributed by atoms with Crippen molar-refractivity contribution in [2.75, 3.05) is 25.5 Å². The maximum absolute atomic E-state index is 12.8. The molecule has 0 bridgehead atoms. The number of hydrogen-bond donors (Lipinski definition) is 0. The van der Waals surface area contributed by atoms with Crippen LogP contribution in [0.15, 0.2) is 6.20 Å². The summed E-state index contributed by atoms with van der Waals surface area (Å²) in [7, 11) is 2.85. The van der Waals surface area contributed by atoms with E-state index in [4.69, 9.17) is 0 Å². The van der Waals surface area contributed by atoms with Gasteiger partial charge in [-0.2, -0.15) is 18.3 Å². The van der Waals surface area contributed by atoms with Gasteiger partial charge in [-0.1, -0.05) is 0 Å². The van der Waals surface area contributed by atoms with Crippen molar-refractivity contribution < 1.29 is 22.8 Å². The topological polar surface area (TPSA) is 71.3 Å². The molecule has 0 fully saturated rings. The lowest BCUT2D eigenvalue weighted by molar-refractivity contribution is -0.142. The highest BCUT2D eigenvalue weighted by Crippen LogP contribution is 2.25. The van der Waals surface area contributed by atoms with Gasteiger partial charge in [-0.25, -0.2) is 9.67 Å². The summed E-state index contributed by atoms with van der Waals surface area (Å²) in [6.07, 6.45) is -2.52. The van der Waals surface area contributed by atoms with Crippen LogP contribution < -0.4 is 4.90 Å². The van der Waals surface area contributed by atoms with Crippen LogP contribution in [0.2, 0.25) is 0 Å². The number of nitrogens with zero attached hydrogens (tertiary/aromatic N) is 5. The summed E-state index contributed by atoms with van der Waals surface area (Å²) in [5.74, 6) is -0.639. The zero-order valence-electron chi connectivity index (χ0n) is 15.4. The summed E-state index contributed by atoms with van der Waals surface area (Å²) in [5.41, 5.74) is 0.624. The molecule has 0 aliphatic carbocycles. The number of amides is 2. The monoisotopic (exact) mass is 403 g/mol. The highest BCUT2D eigenvalue weighted by Gasteiger charge is 2.33. The molecule has 27 heavy (non-hydrogen) atoms. The first-order chi connectivity index (χ1) is 12.5. The molecule has 0 unspecified atom stereocenters. The van der Waals surface area contributed by atoms with Crippen LogP contribution >= 0.6 is 11.3 Å². The maximum atomic E-state index is 12.8. The fourth-order valence-corrected chi connectivity index (χ4v) is 3.48. The molecule has 0 N–H and O–H groups in total. The van der Waals surface area contributed by atoms with Gasteiger partial charge in [-0.05, 0) is 13.8 Å². The van der Waals surface area contributed by atoms with Crippen LogP contribution in [0.1, 0.15) is 26.1 Å². The molecule has 2 aromatic heterocycles. The van der Waals surface area contributed by atoms with E-state index in [9.17, 15) is 22.8 Å². The number of anilines is 1. The Balaban J connectivity index is 2.25. The number of likely N-dealkylation sites (N-methyl/N-ethyl adjacent to an activating group) is 1. The predicted molar refractivity (Wildman–Crippen MR) is 95.0 cm³/mol. The van der Waals surface area contributed by atoms with E-state index in [-0.39, 0.29) is 11.4 Å². The van der Waals surface area contributed by atoms with Crippen molar-refractivity contribution in [1.29, 1.82) is 0 Å². The summed E-state index contributed by atoms with van der Waals surface area (Å²) in [6, 6.07) is 0. The predicted octanol–water partition coefficient (Wildman–Crippen LogP) is 2.43. The van der Waals surface area contributed by atoms with Crippen LogP contribution in [-0.4, -0.2) is 58.8 Å². The van der Waals surface area contributed by atoms with E-state index >= 15 is 0 Å². The number of halogens is 3. The second kappa shape index (κ2) is 8.07. The van der Waals surface area contributed by atoms with Crippen LogP contribution in [-0.2, 0) is 17.8 Å². The Labute approximate surface area is 158 Å². The molecule has 0 aliphatic rings. The second-order valence-electron chi connectivity index (χ2n) is 6.09. The summed E-state index contributed by atoms with van der Waals surface area (Å²) in [5, 5.41) is 4.56. The first kappa shape index (κ1) is 20.9. The molecule has 2 amide bonds. The molecule has 0 saturated heterocycles. The van der Waals surface area contributed by atoms with Crippen molar-refractivity contribution in [3.8, 4) is 0 Å². The van der Waals surface area contributed by atoms with Crippen molar-refractivity contribution >= 4 is 29.3 Å². The van der Waals surface area contributed by atoms with Crippen LogP contribution in [0, 0.1) is 13.8 Å². The van der Waals surface area contributed by atoms with Gasteiger partial charge in [0, 0.05) is 31.9 Å². The Bertz CT molecular complexity index is 831. The standard InChI is InChI=1S/C16H20F3N5O2S/c1-10-13(27-11(2)21-10)5-6-22(3)15(26)14-12(23(4)9-25)7-20-24(14)8-16(17,18)19/h7,9H,5-6,8H2,1-4H3. The zero-order chi connectivity index (χ0) is 20.4. The molecule has 2 heterocycles. The van der Waals surface area contributed by atoms with Crippen molar-refractivity contribution in [3.63, 3.8) is 0 Å². The lowest BCUT2D eigenvalue weighted by Gasteiger charge is -2.20. The number of aromatic nitrogens is 3. The van der Waals surface area contributed by atoms with E-state index in [1.807, 2.05) is 13.8 Å². The molecule has 0 atom stereocenters. The third kappa shape index (κ3) is 5.06. The molecular weight excluding hydrogens is 383 g/mol. The minimum absolute atomic E-state index is 0.0240. The number of aryl methyl sites for hydroxylation is 2. The van der Waals surface area contributed by atoms with Gasteiger partial charge in [0.15, 0.2) is 5.69 Å². The number of alkyl halides is 3.